The third-order valence-corrected chi connectivity index (χ3v) is 4.25. The average Bonchev–Trinajstić information content (AvgIpc) is 2.61. The quantitative estimate of drug-likeness (QED) is 0.701. The van der Waals surface area contributed by atoms with Crippen molar-refractivity contribution in [2.24, 2.45) is 21.1 Å². The number of rotatable bonds is 3. The number of carboxylic acids is 1. The molecule has 2 aromatic heterocycles. The van der Waals surface area contributed by atoms with E-state index in [2.05, 4.69) is 5.32 Å². The summed E-state index contributed by atoms with van der Waals surface area (Å²) in [5.74, 6) is -1.15. The lowest BCUT2D eigenvalue weighted by molar-refractivity contribution is 0.0698. The SMILES string of the molecule is Cn1c(=O)c2c(Nc3ccccc3C(=O)O)cc(=O)n(C)c2n(C)c1=O. The van der Waals surface area contributed by atoms with E-state index in [1.54, 1.807) is 12.1 Å². The van der Waals surface area contributed by atoms with Gasteiger partial charge in [-0.25, -0.2) is 9.59 Å². The largest absolute Gasteiger partial charge is 0.478 e. The number of aryl methyl sites for hydroxylation is 2. The van der Waals surface area contributed by atoms with Crippen LogP contribution in [0.15, 0.2) is 44.7 Å². The highest BCUT2D eigenvalue weighted by molar-refractivity contribution is 5.97. The first-order valence-electron chi connectivity index (χ1n) is 7.63. The van der Waals surface area contributed by atoms with Gasteiger partial charge >= 0.3 is 11.7 Å². The molecule has 0 saturated heterocycles. The molecule has 0 amide bonds. The van der Waals surface area contributed by atoms with Gasteiger partial charge in [-0.3, -0.25) is 23.3 Å². The summed E-state index contributed by atoms with van der Waals surface area (Å²) < 4.78 is 3.33. The third-order valence-electron chi connectivity index (χ3n) is 4.25. The lowest BCUT2D eigenvalue weighted by Gasteiger charge is -2.16. The second kappa shape index (κ2) is 6.03. The molecule has 0 atom stereocenters. The smallest absolute Gasteiger partial charge is 0.337 e. The molecule has 1 aromatic carbocycles. The van der Waals surface area contributed by atoms with Crippen LogP contribution in [-0.2, 0) is 21.1 Å². The van der Waals surface area contributed by atoms with Crippen molar-refractivity contribution in [3.05, 3.63) is 67.1 Å². The predicted molar refractivity (Wildman–Crippen MR) is 96.4 cm³/mol. The number of carboxylic acid groups (broad SMARTS) is 1. The van der Waals surface area contributed by atoms with Crippen molar-refractivity contribution in [3.63, 3.8) is 0 Å². The van der Waals surface area contributed by atoms with E-state index in [1.165, 1.54) is 48.5 Å². The van der Waals surface area contributed by atoms with E-state index >= 15 is 0 Å². The highest BCUT2D eigenvalue weighted by atomic mass is 16.4. The molecule has 0 fully saturated rings. The van der Waals surface area contributed by atoms with Crippen LogP contribution in [0.3, 0.4) is 0 Å². The Morgan fingerprint density at radius 1 is 0.962 bits per heavy atom. The van der Waals surface area contributed by atoms with Crippen molar-refractivity contribution < 1.29 is 9.90 Å². The number of aromatic carboxylic acids is 1. The van der Waals surface area contributed by atoms with Crippen LogP contribution >= 0.6 is 0 Å². The van der Waals surface area contributed by atoms with E-state index in [0.717, 1.165) is 4.57 Å². The molecule has 0 spiro atoms. The summed E-state index contributed by atoms with van der Waals surface area (Å²) in [6.45, 7) is 0. The van der Waals surface area contributed by atoms with Gasteiger partial charge in [0.25, 0.3) is 11.1 Å². The molecule has 0 unspecified atom stereocenters. The fourth-order valence-electron chi connectivity index (χ4n) is 2.88. The number of hydrogen-bond acceptors (Lipinski definition) is 5. The molecular formula is C17H16N4O5. The monoisotopic (exact) mass is 356 g/mol. The normalized spacial score (nSPS) is 10.9. The van der Waals surface area contributed by atoms with Crippen molar-refractivity contribution in [1.82, 2.24) is 13.7 Å². The minimum atomic E-state index is -1.15. The van der Waals surface area contributed by atoms with Crippen molar-refractivity contribution in [2.75, 3.05) is 5.32 Å². The molecule has 3 aromatic rings. The molecule has 9 heteroatoms. The molecule has 0 saturated carbocycles. The van der Waals surface area contributed by atoms with Crippen LogP contribution in [0.4, 0.5) is 11.4 Å². The summed E-state index contributed by atoms with van der Waals surface area (Å²) in [4.78, 5) is 48.6. The fraction of sp³-hybridized carbons (Fsp3) is 0.176. The predicted octanol–water partition coefficient (Wildman–Crippen LogP) is 0.378. The van der Waals surface area contributed by atoms with Gasteiger partial charge in [0, 0.05) is 27.2 Å². The molecule has 0 aliphatic rings. The number of benzene rings is 1. The standard InChI is InChI=1S/C17H16N4O5/c1-19-12(22)8-11(18-10-7-5-4-6-9(10)16(24)25)13-14(19)20(2)17(26)21(3)15(13)23/h4-8,18H,1-3H3,(H,24,25). The van der Waals surface area contributed by atoms with Gasteiger partial charge in [0.15, 0.2) is 0 Å². The number of pyridine rings is 1. The lowest BCUT2D eigenvalue weighted by Crippen LogP contribution is -2.39. The van der Waals surface area contributed by atoms with E-state index in [0.29, 0.717) is 0 Å². The summed E-state index contributed by atoms with van der Waals surface area (Å²) >= 11 is 0. The Hall–Kier alpha value is -3.62. The molecule has 2 heterocycles. The van der Waals surface area contributed by atoms with Crippen LogP contribution in [0.25, 0.3) is 11.0 Å². The Labute approximate surface area is 146 Å². The third kappa shape index (κ3) is 2.50. The maximum Gasteiger partial charge on any atom is 0.337 e. The minimum Gasteiger partial charge on any atom is -0.478 e. The number of nitrogens with one attached hydrogen (secondary N) is 1. The highest BCUT2D eigenvalue weighted by Crippen LogP contribution is 2.24. The average molecular weight is 356 g/mol. The van der Waals surface area contributed by atoms with Crippen LogP contribution in [0.5, 0.6) is 0 Å². The molecule has 9 nitrogen and oxygen atoms in total. The van der Waals surface area contributed by atoms with Crippen molar-refractivity contribution >= 4 is 28.4 Å². The minimum absolute atomic E-state index is 0.0111. The maximum absolute atomic E-state index is 12.7. The summed E-state index contributed by atoms with van der Waals surface area (Å²) in [6, 6.07) is 7.33. The molecule has 26 heavy (non-hydrogen) atoms. The number of para-hydroxylation sites is 1. The van der Waals surface area contributed by atoms with Gasteiger partial charge in [-0.15, -0.1) is 0 Å². The number of fused-ring (bicyclic) bond motifs is 1. The summed E-state index contributed by atoms with van der Waals surface area (Å²) in [6.07, 6.45) is 0. The number of hydrogen-bond donors (Lipinski definition) is 2. The highest BCUT2D eigenvalue weighted by Gasteiger charge is 2.18. The number of aromatic nitrogens is 3. The summed E-state index contributed by atoms with van der Waals surface area (Å²) in [5, 5.41) is 12.3. The maximum atomic E-state index is 12.7. The zero-order valence-corrected chi connectivity index (χ0v) is 14.3. The zero-order valence-electron chi connectivity index (χ0n) is 14.3. The van der Waals surface area contributed by atoms with E-state index in [1.807, 2.05) is 0 Å². The molecule has 0 radical (unpaired) electrons. The Morgan fingerprint density at radius 2 is 1.62 bits per heavy atom. The van der Waals surface area contributed by atoms with Gasteiger partial charge in [0.2, 0.25) is 0 Å². The first kappa shape index (κ1) is 17.2. The summed E-state index contributed by atoms with van der Waals surface area (Å²) in [7, 11) is 4.25. The van der Waals surface area contributed by atoms with Gasteiger partial charge in [-0.2, -0.15) is 0 Å². The van der Waals surface area contributed by atoms with Gasteiger partial charge in [0.1, 0.15) is 11.0 Å². The van der Waals surface area contributed by atoms with Crippen LogP contribution < -0.4 is 22.1 Å². The first-order valence-corrected chi connectivity index (χ1v) is 7.63. The molecule has 3 rings (SSSR count). The molecule has 0 aliphatic carbocycles. The van der Waals surface area contributed by atoms with Gasteiger partial charge in [-0.1, -0.05) is 12.1 Å². The van der Waals surface area contributed by atoms with E-state index in [9.17, 15) is 24.3 Å². The van der Waals surface area contributed by atoms with Crippen LogP contribution in [0, 0.1) is 0 Å². The second-order valence-electron chi connectivity index (χ2n) is 5.84. The van der Waals surface area contributed by atoms with Gasteiger partial charge in [0.05, 0.1) is 16.9 Å². The number of nitrogens with zero attached hydrogens (tertiary/aromatic N) is 3. The Kier molecular flexibility index (Phi) is 3.99. The molecule has 2 N–H and O–H groups in total. The fourth-order valence-corrected chi connectivity index (χ4v) is 2.88. The van der Waals surface area contributed by atoms with Crippen molar-refractivity contribution in [2.45, 2.75) is 0 Å². The number of carbonyl (C=O) groups is 1. The number of anilines is 2. The van der Waals surface area contributed by atoms with Crippen molar-refractivity contribution in [1.29, 1.82) is 0 Å². The van der Waals surface area contributed by atoms with Crippen LogP contribution in [0.2, 0.25) is 0 Å². The van der Waals surface area contributed by atoms with Gasteiger partial charge in [-0.05, 0) is 12.1 Å². The molecule has 134 valence electrons. The molecule has 0 bridgehead atoms. The van der Waals surface area contributed by atoms with E-state index in [-0.39, 0.29) is 28.0 Å². The Bertz CT molecular complexity index is 1230. The van der Waals surface area contributed by atoms with Gasteiger partial charge < -0.3 is 10.4 Å². The van der Waals surface area contributed by atoms with Crippen LogP contribution in [-0.4, -0.2) is 24.8 Å². The summed E-state index contributed by atoms with van der Waals surface area (Å²) in [5.41, 5.74) is -1.12. The second-order valence-corrected chi connectivity index (χ2v) is 5.84. The van der Waals surface area contributed by atoms with Crippen LogP contribution in [0.1, 0.15) is 10.4 Å². The lowest BCUT2D eigenvalue weighted by atomic mass is 10.1. The molecular weight excluding hydrogens is 340 g/mol. The zero-order chi connectivity index (χ0) is 19.2. The Balaban J connectivity index is 2.41. The Morgan fingerprint density at radius 3 is 2.27 bits per heavy atom. The van der Waals surface area contributed by atoms with Crippen molar-refractivity contribution in [3.8, 4) is 0 Å². The van der Waals surface area contributed by atoms with E-state index in [4.69, 9.17) is 0 Å². The topological polar surface area (TPSA) is 115 Å². The van der Waals surface area contributed by atoms with E-state index < -0.39 is 22.8 Å². The first-order chi connectivity index (χ1) is 12.2. The molecule has 0 aliphatic heterocycles.